The second kappa shape index (κ2) is 5.08. The fourth-order valence-electron chi connectivity index (χ4n) is 1.30. The molecule has 2 heterocycles. The molecule has 0 aliphatic rings. The van der Waals surface area contributed by atoms with Crippen LogP contribution in [0.15, 0.2) is 12.7 Å². The summed E-state index contributed by atoms with van der Waals surface area (Å²) < 4.78 is 0. The van der Waals surface area contributed by atoms with Crippen molar-refractivity contribution in [1.82, 2.24) is 25.3 Å². The molecular weight excluding hydrogens is 240 g/mol. The van der Waals surface area contributed by atoms with Gasteiger partial charge in [0, 0.05) is 0 Å². The molecule has 2 aromatic heterocycles. The molecule has 0 saturated carbocycles. The number of fused-ring (bicyclic) bond motifs is 1. The zero-order valence-electron chi connectivity index (χ0n) is 9.17. The number of aromatic amines is 1. The monoisotopic (exact) mass is 250 g/mol. The van der Waals surface area contributed by atoms with E-state index in [2.05, 4.69) is 30.6 Å². The summed E-state index contributed by atoms with van der Waals surface area (Å²) in [5.74, 6) is -1.10. The minimum absolute atomic E-state index is 0.0849. The summed E-state index contributed by atoms with van der Waals surface area (Å²) in [5, 5.41) is 13.4. The first kappa shape index (κ1) is 11.8. The van der Waals surface area contributed by atoms with E-state index in [1.54, 1.807) is 0 Å². The van der Waals surface area contributed by atoms with E-state index < -0.39 is 18.4 Å². The molecule has 9 heteroatoms. The van der Waals surface area contributed by atoms with Crippen molar-refractivity contribution in [3.05, 3.63) is 12.7 Å². The van der Waals surface area contributed by atoms with Crippen molar-refractivity contribution in [3.63, 3.8) is 0 Å². The summed E-state index contributed by atoms with van der Waals surface area (Å²) in [6.45, 7) is -0.498. The molecule has 18 heavy (non-hydrogen) atoms. The Kier molecular flexibility index (Phi) is 3.32. The standard InChI is InChI=1S/C9H10N6O3/c16-5(10-2-6(17)18)1-11-8-7-9(13-3-12-7)15-4-14-8/h3-4H,1-2H2,(H,10,16)(H,17,18)(H2,11,12,13,14,15). The van der Waals surface area contributed by atoms with Crippen LogP contribution in [0, 0.1) is 0 Å². The van der Waals surface area contributed by atoms with Gasteiger partial charge in [0.05, 0.1) is 12.9 Å². The summed E-state index contributed by atoms with van der Waals surface area (Å²) in [4.78, 5) is 36.2. The number of carbonyl (C=O) groups is 2. The van der Waals surface area contributed by atoms with Crippen LogP contribution in [0.5, 0.6) is 0 Å². The lowest BCUT2D eigenvalue weighted by atomic mass is 10.4. The lowest BCUT2D eigenvalue weighted by Crippen LogP contribution is -2.34. The Labute approximate surface area is 101 Å². The molecule has 0 unspecified atom stereocenters. The molecule has 9 nitrogen and oxygen atoms in total. The maximum atomic E-state index is 11.3. The van der Waals surface area contributed by atoms with E-state index in [4.69, 9.17) is 5.11 Å². The number of hydrogen-bond acceptors (Lipinski definition) is 6. The van der Waals surface area contributed by atoms with Gasteiger partial charge in [-0.25, -0.2) is 15.0 Å². The number of amides is 1. The summed E-state index contributed by atoms with van der Waals surface area (Å²) >= 11 is 0. The van der Waals surface area contributed by atoms with Crippen molar-refractivity contribution in [2.24, 2.45) is 0 Å². The van der Waals surface area contributed by atoms with E-state index in [-0.39, 0.29) is 6.54 Å². The number of anilines is 1. The lowest BCUT2D eigenvalue weighted by Gasteiger charge is -2.05. The molecule has 0 atom stereocenters. The number of carboxylic acids is 1. The number of nitrogens with one attached hydrogen (secondary N) is 3. The zero-order valence-corrected chi connectivity index (χ0v) is 9.17. The van der Waals surface area contributed by atoms with Crippen LogP contribution < -0.4 is 10.6 Å². The van der Waals surface area contributed by atoms with Crippen molar-refractivity contribution in [3.8, 4) is 0 Å². The normalized spacial score (nSPS) is 10.2. The molecule has 0 aliphatic carbocycles. The smallest absolute Gasteiger partial charge is 0.322 e. The van der Waals surface area contributed by atoms with E-state index >= 15 is 0 Å². The number of imidazole rings is 1. The average molecular weight is 250 g/mol. The Morgan fingerprint density at radius 3 is 2.89 bits per heavy atom. The highest BCUT2D eigenvalue weighted by molar-refractivity contribution is 5.87. The molecule has 4 N–H and O–H groups in total. The van der Waals surface area contributed by atoms with Gasteiger partial charge in [0.25, 0.3) is 0 Å². The molecule has 1 amide bonds. The predicted molar refractivity (Wildman–Crippen MR) is 60.8 cm³/mol. The number of carboxylic acid groups (broad SMARTS) is 1. The van der Waals surface area contributed by atoms with Crippen LogP contribution in [0.1, 0.15) is 0 Å². The second-order valence-corrected chi connectivity index (χ2v) is 3.35. The van der Waals surface area contributed by atoms with Crippen LogP contribution in [0.2, 0.25) is 0 Å². The van der Waals surface area contributed by atoms with Gasteiger partial charge in [-0.1, -0.05) is 0 Å². The summed E-state index contributed by atoms with van der Waals surface area (Å²) in [7, 11) is 0. The Morgan fingerprint density at radius 1 is 1.28 bits per heavy atom. The van der Waals surface area contributed by atoms with Gasteiger partial charge in [0.15, 0.2) is 11.5 Å². The van der Waals surface area contributed by atoms with Gasteiger partial charge in [0.2, 0.25) is 5.91 Å². The average Bonchev–Trinajstić information content (AvgIpc) is 2.82. The maximum Gasteiger partial charge on any atom is 0.322 e. The predicted octanol–water partition coefficient (Wildman–Crippen LogP) is -1.03. The minimum Gasteiger partial charge on any atom is -0.480 e. The Hall–Kier alpha value is -2.71. The fraction of sp³-hybridized carbons (Fsp3) is 0.222. The number of nitrogens with zero attached hydrogens (tertiary/aromatic N) is 3. The highest BCUT2D eigenvalue weighted by atomic mass is 16.4. The minimum atomic E-state index is -1.10. The van der Waals surface area contributed by atoms with Gasteiger partial charge in [-0.2, -0.15) is 0 Å². The van der Waals surface area contributed by atoms with Crippen LogP contribution in [-0.2, 0) is 9.59 Å². The van der Waals surface area contributed by atoms with Gasteiger partial charge in [-0.05, 0) is 0 Å². The molecule has 0 spiro atoms. The van der Waals surface area contributed by atoms with Gasteiger partial charge in [-0.3, -0.25) is 9.59 Å². The van der Waals surface area contributed by atoms with Crippen molar-refractivity contribution in [1.29, 1.82) is 0 Å². The van der Waals surface area contributed by atoms with E-state index in [1.807, 2.05) is 0 Å². The molecule has 0 aliphatic heterocycles. The summed E-state index contributed by atoms with van der Waals surface area (Å²) in [5.41, 5.74) is 1.07. The molecule has 2 rings (SSSR count). The summed E-state index contributed by atoms with van der Waals surface area (Å²) in [6.07, 6.45) is 2.79. The second-order valence-electron chi connectivity index (χ2n) is 3.35. The zero-order chi connectivity index (χ0) is 13.0. The van der Waals surface area contributed by atoms with Crippen LogP contribution >= 0.6 is 0 Å². The maximum absolute atomic E-state index is 11.3. The van der Waals surface area contributed by atoms with E-state index in [9.17, 15) is 9.59 Å². The van der Waals surface area contributed by atoms with Gasteiger partial charge >= 0.3 is 5.97 Å². The topological polar surface area (TPSA) is 133 Å². The third-order valence-electron chi connectivity index (χ3n) is 2.08. The Balaban J connectivity index is 1.96. The molecular formula is C9H10N6O3. The van der Waals surface area contributed by atoms with Crippen LogP contribution in [0.4, 0.5) is 5.82 Å². The van der Waals surface area contributed by atoms with E-state index in [0.29, 0.717) is 17.0 Å². The van der Waals surface area contributed by atoms with Crippen molar-refractivity contribution in [2.75, 3.05) is 18.4 Å². The number of hydrogen-bond donors (Lipinski definition) is 4. The third-order valence-corrected chi connectivity index (χ3v) is 2.08. The summed E-state index contributed by atoms with van der Waals surface area (Å²) in [6, 6.07) is 0. The SMILES string of the molecule is O=C(O)CNC(=O)CNc1ncnc2nc[nH]c12. The Bertz CT molecular complexity index is 580. The van der Waals surface area contributed by atoms with E-state index in [1.165, 1.54) is 12.7 Å². The van der Waals surface area contributed by atoms with Gasteiger partial charge < -0.3 is 20.7 Å². The molecule has 0 aromatic carbocycles. The largest absolute Gasteiger partial charge is 0.480 e. The molecule has 0 bridgehead atoms. The van der Waals surface area contributed by atoms with Crippen LogP contribution in [0.3, 0.4) is 0 Å². The van der Waals surface area contributed by atoms with Crippen LogP contribution in [0.25, 0.3) is 11.2 Å². The Morgan fingerprint density at radius 2 is 2.11 bits per heavy atom. The lowest BCUT2D eigenvalue weighted by molar-refractivity contribution is -0.137. The van der Waals surface area contributed by atoms with Crippen LogP contribution in [-0.4, -0.2) is 50.0 Å². The molecule has 94 valence electrons. The van der Waals surface area contributed by atoms with Gasteiger partial charge in [0.1, 0.15) is 18.4 Å². The number of aromatic nitrogens is 4. The fourth-order valence-corrected chi connectivity index (χ4v) is 1.30. The van der Waals surface area contributed by atoms with Crippen molar-refractivity contribution in [2.45, 2.75) is 0 Å². The third kappa shape index (κ3) is 2.70. The molecule has 2 aromatic rings. The molecule has 0 fully saturated rings. The van der Waals surface area contributed by atoms with Gasteiger partial charge in [-0.15, -0.1) is 0 Å². The van der Waals surface area contributed by atoms with E-state index in [0.717, 1.165) is 0 Å². The first-order valence-corrected chi connectivity index (χ1v) is 5.03. The molecule has 0 radical (unpaired) electrons. The highest BCUT2D eigenvalue weighted by Crippen LogP contribution is 2.13. The number of rotatable bonds is 5. The quantitative estimate of drug-likeness (QED) is 0.533. The first-order chi connectivity index (χ1) is 8.66. The van der Waals surface area contributed by atoms with Crippen molar-refractivity contribution >= 4 is 28.9 Å². The number of aliphatic carboxylic acids is 1. The number of carbonyl (C=O) groups excluding carboxylic acids is 1. The first-order valence-electron chi connectivity index (χ1n) is 5.03. The number of H-pyrrole nitrogens is 1. The van der Waals surface area contributed by atoms with Crippen molar-refractivity contribution < 1.29 is 14.7 Å². The molecule has 0 saturated heterocycles. The highest BCUT2D eigenvalue weighted by Gasteiger charge is 2.08.